The summed E-state index contributed by atoms with van der Waals surface area (Å²) in [5.41, 5.74) is 1.46. The first-order valence-corrected chi connectivity index (χ1v) is 3.51. The predicted octanol–water partition coefficient (Wildman–Crippen LogP) is 0.909. The van der Waals surface area contributed by atoms with Gasteiger partial charge in [-0.1, -0.05) is 0 Å². The quantitative estimate of drug-likeness (QED) is 0.572. The molecule has 4 nitrogen and oxygen atoms in total. The van der Waals surface area contributed by atoms with Crippen LogP contribution in [0.5, 0.6) is 0 Å². The maximum absolute atomic E-state index is 8.69. The third kappa shape index (κ3) is 0.768. The van der Waals surface area contributed by atoms with Crippen LogP contribution >= 0.6 is 0 Å². The fraction of sp³-hybridized carbons (Fsp3) is 0.125. The molecule has 0 saturated carbocycles. The second-order valence-corrected chi connectivity index (χ2v) is 2.47. The van der Waals surface area contributed by atoms with Gasteiger partial charge in [0.15, 0.2) is 0 Å². The Balaban J connectivity index is 2.89. The molecule has 58 valence electrons. The molecule has 0 spiro atoms. The van der Waals surface area contributed by atoms with Crippen LogP contribution < -0.4 is 0 Å². The molecule has 0 bridgehead atoms. The van der Waals surface area contributed by atoms with E-state index in [2.05, 4.69) is 16.0 Å². The van der Waals surface area contributed by atoms with Crippen molar-refractivity contribution < 1.29 is 0 Å². The van der Waals surface area contributed by atoms with E-state index in [9.17, 15) is 0 Å². The van der Waals surface area contributed by atoms with Crippen LogP contribution in [0, 0.1) is 18.3 Å². The molecular weight excluding hydrogens is 152 g/mol. The Kier molecular flexibility index (Phi) is 1.31. The summed E-state index contributed by atoms with van der Waals surface area (Å²) in [6.45, 7) is 1.87. The number of aryl methyl sites for hydroxylation is 1. The van der Waals surface area contributed by atoms with E-state index in [0.717, 1.165) is 5.69 Å². The summed E-state index contributed by atoms with van der Waals surface area (Å²) in [7, 11) is 0. The Bertz CT molecular complexity index is 463. The number of nitriles is 1. The number of hydrogen-bond acceptors (Lipinski definition) is 3. The van der Waals surface area contributed by atoms with Crippen molar-refractivity contribution in [3.8, 4) is 6.07 Å². The van der Waals surface area contributed by atoms with Crippen molar-refractivity contribution in [2.75, 3.05) is 0 Å². The predicted molar refractivity (Wildman–Crippen MR) is 42.4 cm³/mol. The van der Waals surface area contributed by atoms with Gasteiger partial charge in [0, 0.05) is 18.1 Å². The monoisotopic (exact) mass is 158 g/mol. The van der Waals surface area contributed by atoms with Crippen molar-refractivity contribution in [3.63, 3.8) is 0 Å². The largest absolute Gasteiger partial charge is 0.287 e. The average Bonchev–Trinajstić information content (AvgIpc) is 2.53. The molecule has 0 saturated heterocycles. The van der Waals surface area contributed by atoms with Gasteiger partial charge >= 0.3 is 0 Å². The normalized spacial score (nSPS) is 10.0. The second kappa shape index (κ2) is 2.31. The highest BCUT2D eigenvalue weighted by Crippen LogP contribution is 2.06. The summed E-state index contributed by atoms with van der Waals surface area (Å²) in [4.78, 5) is 8.00. The van der Waals surface area contributed by atoms with Crippen LogP contribution in [0.1, 0.15) is 11.3 Å². The van der Waals surface area contributed by atoms with E-state index in [0.29, 0.717) is 11.3 Å². The molecule has 2 heterocycles. The lowest BCUT2D eigenvalue weighted by atomic mass is 10.3. The second-order valence-electron chi connectivity index (χ2n) is 2.47. The number of fused-ring (bicyclic) bond motifs is 1. The molecule has 2 aromatic heterocycles. The summed E-state index contributed by atoms with van der Waals surface area (Å²) >= 11 is 0. The molecule has 0 aliphatic heterocycles. The number of aromatic nitrogens is 3. The zero-order chi connectivity index (χ0) is 8.55. The smallest absolute Gasteiger partial charge is 0.233 e. The molecule has 0 atom stereocenters. The van der Waals surface area contributed by atoms with Crippen LogP contribution in [0.2, 0.25) is 0 Å². The Hall–Kier alpha value is -1.89. The zero-order valence-electron chi connectivity index (χ0n) is 6.52. The highest BCUT2D eigenvalue weighted by atomic mass is 15.1. The lowest BCUT2D eigenvalue weighted by Crippen LogP contribution is -1.96. The Morgan fingerprint density at radius 3 is 3.08 bits per heavy atom. The van der Waals surface area contributed by atoms with E-state index in [-0.39, 0.29) is 0 Å². The first kappa shape index (κ1) is 6.80. The van der Waals surface area contributed by atoms with Crippen molar-refractivity contribution >= 4 is 5.78 Å². The highest BCUT2D eigenvalue weighted by molar-refractivity contribution is 5.38. The molecule has 0 aliphatic carbocycles. The number of rotatable bonds is 0. The van der Waals surface area contributed by atoms with E-state index in [1.807, 2.05) is 6.92 Å². The summed E-state index contributed by atoms with van der Waals surface area (Å²) in [5.74, 6) is 0.631. The van der Waals surface area contributed by atoms with Crippen LogP contribution in [0.15, 0.2) is 18.6 Å². The first-order chi connectivity index (χ1) is 5.83. The zero-order valence-corrected chi connectivity index (χ0v) is 6.52. The first-order valence-electron chi connectivity index (χ1n) is 3.51. The minimum absolute atomic E-state index is 0.584. The fourth-order valence-corrected chi connectivity index (χ4v) is 1.11. The average molecular weight is 158 g/mol. The van der Waals surface area contributed by atoms with Gasteiger partial charge in [-0.05, 0) is 6.92 Å². The van der Waals surface area contributed by atoms with Crippen LogP contribution in [-0.2, 0) is 0 Å². The molecule has 0 N–H and O–H groups in total. The standard InChI is InChI=1S/C8H6N4/c1-6-7(4-9)5-11-8-10-2-3-12(6)8/h2-3,5H,1H3. The molecule has 0 radical (unpaired) electrons. The van der Waals surface area contributed by atoms with E-state index < -0.39 is 0 Å². The van der Waals surface area contributed by atoms with Gasteiger partial charge in [-0.15, -0.1) is 0 Å². The van der Waals surface area contributed by atoms with Crippen molar-refractivity contribution in [1.29, 1.82) is 5.26 Å². The van der Waals surface area contributed by atoms with Gasteiger partial charge in [0.2, 0.25) is 5.78 Å². The summed E-state index contributed by atoms with van der Waals surface area (Å²) in [5, 5.41) is 8.69. The van der Waals surface area contributed by atoms with Crippen LogP contribution in [0.4, 0.5) is 0 Å². The number of hydrogen-bond donors (Lipinski definition) is 0. The molecule has 0 aliphatic rings. The maximum Gasteiger partial charge on any atom is 0.233 e. The molecule has 0 fully saturated rings. The minimum Gasteiger partial charge on any atom is -0.287 e. The topological polar surface area (TPSA) is 54.0 Å². The molecular formula is C8H6N4. The lowest BCUT2D eigenvalue weighted by molar-refractivity contribution is 1.03. The summed E-state index contributed by atoms with van der Waals surface area (Å²) in [6, 6.07) is 2.07. The molecule has 0 amide bonds. The molecule has 2 rings (SSSR count). The fourth-order valence-electron chi connectivity index (χ4n) is 1.11. The lowest BCUT2D eigenvalue weighted by Gasteiger charge is -1.98. The van der Waals surface area contributed by atoms with Crippen molar-refractivity contribution in [3.05, 3.63) is 29.8 Å². The Morgan fingerprint density at radius 2 is 2.33 bits per heavy atom. The van der Waals surface area contributed by atoms with E-state index in [1.54, 1.807) is 16.8 Å². The van der Waals surface area contributed by atoms with E-state index in [1.165, 1.54) is 6.20 Å². The molecule has 0 aromatic carbocycles. The number of imidazole rings is 1. The van der Waals surface area contributed by atoms with Crippen LogP contribution in [0.25, 0.3) is 5.78 Å². The van der Waals surface area contributed by atoms with Gasteiger partial charge in [0.05, 0.1) is 11.8 Å². The van der Waals surface area contributed by atoms with Gasteiger partial charge in [-0.2, -0.15) is 5.26 Å². The van der Waals surface area contributed by atoms with Crippen molar-refractivity contribution in [2.45, 2.75) is 6.92 Å². The van der Waals surface area contributed by atoms with Crippen LogP contribution in [-0.4, -0.2) is 14.4 Å². The van der Waals surface area contributed by atoms with Crippen molar-refractivity contribution in [2.24, 2.45) is 0 Å². The Morgan fingerprint density at radius 1 is 1.50 bits per heavy atom. The Labute approximate surface area is 69.1 Å². The van der Waals surface area contributed by atoms with Crippen molar-refractivity contribution in [1.82, 2.24) is 14.4 Å². The third-order valence-corrected chi connectivity index (χ3v) is 1.80. The maximum atomic E-state index is 8.69. The summed E-state index contributed by atoms with van der Waals surface area (Å²) in [6.07, 6.45) is 4.99. The van der Waals surface area contributed by atoms with Gasteiger partial charge in [-0.25, -0.2) is 9.97 Å². The highest BCUT2D eigenvalue weighted by Gasteiger charge is 2.02. The van der Waals surface area contributed by atoms with Gasteiger partial charge in [0.1, 0.15) is 6.07 Å². The summed E-state index contributed by atoms with van der Waals surface area (Å²) < 4.78 is 1.79. The van der Waals surface area contributed by atoms with E-state index >= 15 is 0 Å². The molecule has 4 heteroatoms. The van der Waals surface area contributed by atoms with Gasteiger partial charge in [-0.3, -0.25) is 4.40 Å². The number of nitrogens with zero attached hydrogens (tertiary/aromatic N) is 4. The SMILES string of the molecule is Cc1c(C#N)cnc2nccn12. The van der Waals surface area contributed by atoms with E-state index in [4.69, 9.17) is 5.26 Å². The molecule has 2 aromatic rings. The third-order valence-electron chi connectivity index (χ3n) is 1.80. The van der Waals surface area contributed by atoms with Gasteiger partial charge < -0.3 is 0 Å². The minimum atomic E-state index is 0.584. The van der Waals surface area contributed by atoms with Crippen LogP contribution in [0.3, 0.4) is 0 Å². The molecule has 0 unspecified atom stereocenters. The molecule has 12 heavy (non-hydrogen) atoms. The van der Waals surface area contributed by atoms with Gasteiger partial charge in [0.25, 0.3) is 0 Å².